The highest BCUT2D eigenvalue weighted by Gasteiger charge is 2.21. The van der Waals surface area contributed by atoms with E-state index in [2.05, 4.69) is 43.8 Å². The minimum atomic E-state index is 0.603. The van der Waals surface area contributed by atoms with Gasteiger partial charge in [0.05, 0.1) is 6.54 Å². The van der Waals surface area contributed by atoms with Crippen LogP contribution in [-0.2, 0) is 6.54 Å². The van der Waals surface area contributed by atoms with Crippen LogP contribution >= 0.6 is 11.3 Å². The second-order valence-corrected chi connectivity index (χ2v) is 6.53. The van der Waals surface area contributed by atoms with Crippen molar-refractivity contribution < 1.29 is 0 Å². The number of hydrogen-bond donors (Lipinski definition) is 1. The van der Waals surface area contributed by atoms with Gasteiger partial charge in [-0.3, -0.25) is 0 Å². The fourth-order valence-corrected chi connectivity index (χ4v) is 3.94. The molecule has 0 saturated carbocycles. The summed E-state index contributed by atoms with van der Waals surface area (Å²) in [6, 6.07) is 8.75. The number of aromatic nitrogens is 2. The fourth-order valence-electron chi connectivity index (χ4n) is 3.28. The quantitative estimate of drug-likeness (QED) is 0.800. The molecule has 4 heteroatoms. The van der Waals surface area contributed by atoms with Gasteiger partial charge in [0.25, 0.3) is 0 Å². The summed E-state index contributed by atoms with van der Waals surface area (Å²) < 4.78 is 2.41. The van der Waals surface area contributed by atoms with Gasteiger partial charge < -0.3 is 9.88 Å². The van der Waals surface area contributed by atoms with E-state index in [4.69, 9.17) is 0 Å². The Hall–Kier alpha value is -1.65. The maximum absolute atomic E-state index is 4.62. The Morgan fingerprint density at radius 3 is 3.19 bits per heavy atom. The van der Waals surface area contributed by atoms with E-state index in [1.165, 1.54) is 29.5 Å². The van der Waals surface area contributed by atoms with Crippen LogP contribution in [0, 0.1) is 0 Å². The second-order valence-electron chi connectivity index (χ2n) is 5.75. The molecular weight excluding hydrogens is 278 g/mol. The Morgan fingerprint density at radius 2 is 2.38 bits per heavy atom. The number of rotatable bonds is 3. The molecular formula is C17H19N3S. The lowest BCUT2D eigenvalue weighted by Gasteiger charge is -2.24. The first kappa shape index (κ1) is 13.0. The van der Waals surface area contributed by atoms with Crippen LogP contribution in [0.25, 0.3) is 11.0 Å². The van der Waals surface area contributed by atoms with Crippen molar-refractivity contribution >= 4 is 22.4 Å². The number of thiophene rings is 1. The number of piperidine rings is 1. The van der Waals surface area contributed by atoms with Crippen molar-refractivity contribution in [3.8, 4) is 0 Å². The highest BCUT2D eigenvalue weighted by Crippen LogP contribution is 2.29. The molecule has 4 heterocycles. The largest absolute Gasteiger partial charge is 0.325 e. The summed E-state index contributed by atoms with van der Waals surface area (Å²) in [4.78, 5) is 4.62. The monoisotopic (exact) mass is 297 g/mol. The van der Waals surface area contributed by atoms with Crippen molar-refractivity contribution in [3.63, 3.8) is 0 Å². The van der Waals surface area contributed by atoms with Gasteiger partial charge in [-0.1, -0.05) is 0 Å². The second kappa shape index (κ2) is 5.62. The molecule has 0 aromatic carbocycles. The Labute approximate surface area is 128 Å². The van der Waals surface area contributed by atoms with E-state index in [0.717, 1.165) is 25.3 Å². The van der Waals surface area contributed by atoms with Crippen LogP contribution in [0.5, 0.6) is 0 Å². The summed E-state index contributed by atoms with van der Waals surface area (Å²) in [6.45, 7) is 3.16. The van der Waals surface area contributed by atoms with Gasteiger partial charge in [0.15, 0.2) is 0 Å². The zero-order valence-corrected chi connectivity index (χ0v) is 12.8. The molecule has 0 spiro atoms. The molecule has 4 rings (SSSR count). The predicted octanol–water partition coefficient (Wildman–Crippen LogP) is 3.61. The zero-order chi connectivity index (χ0) is 14.1. The molecule has 1 saturated heterocycles. The van der Waals surface area contributed by atoms with E-state index in [1.54, 1.807) is 11.3 Å². The molecule has 1 unspecified atom stereocenters. The van der Waals surface area contributed by atoms with Crippen molar-refractivity contribution in [3.05, 3.63) is 52.5 Å². The van der Waals surface area contributed by atoms with Crippen molar-refractivity contribution in [2.45, 2.75) is 25.3 Å². The van der Waals surface area contributed by atoms with Crippen molar-refractivity contribution in [2.75, 3.05) is 13.1 Å². The van der Waals surface area contributed by atoms with E-state index >= 15 is 0 Å². The van der Waals surface area contributed by atoms with Gasteiger partial charge in [0.1, 0.15) is 5.65 Å². The van der Waals surface area contributed by atoms with Crippen LogP contribution in [0.4, 0.5) is 0 Å². The third kappa shape index (κ3) is 2.49. The average molecular weight is 297 g/mol. The van der Waals surface area contributed by atoms with Crippen LogP contribution in [0.1, 0.15) is 30.0 Å². The summed E-state index contributed by atoms with van der Waals surface area (Å²) >= 11 is 1.76. The van der Waals surface area contributed by atoms with Crippen molar-refractivity contribution in [1.29, 1.82) is 0 Å². The zero-order valence-electron chi connectivity index (χ0n) is 12.0. The molecule has 3 aromatic rings. The summed E-state index contributed by atoms with van der Waals surface area (Å²) in [5.41, 5.74) is 3.92. The van der Waals surface area contributed by atoms with Gasteiger partial charge >= 0.3 is 0 Å². The number of hydrogen-bond acceptors (Lipinski definition) is 3. The lowest BCUT2D eigenvalue weighted by molar-refractivity contribution is 0.445. The van der Waals surface area contributed by atoms with Gasteiger partial charge in [-0.15, -0.1) is 0 Å². The maximum atomic E-state index is 4.62. The van der Waals surface area contributed by atoms with Crippen LogP contribution < -0.4 is 5.32 Å². The summed E-state index contributed by atoms with van der Waals surface area (Å²) in [6.07, 6.45) is 4.43. The molecule has 1 atom stereocenters. The minimum Gasteiger partial charge on any atom is -0.325 e. The van der Waals surface area contributed by atoms with Gasteiger partial charge in [-0.05, 0) is 60.0 Å². The smallest absolute Gasteiger partial charge is 0.140 e. The average Bonchev–Trinajstić information content (AvgIpc) is 3.17. The number of pyridine rings is 1. The molecule has 0 bridgehead atoms. The SMILES string of the molecule is c1cnc2c(c1)cc(C1CCCNC1)n2Cc1ccsc1. The fraction of sp³-hybridized carbons (Fsp3) is 0.353. The summed E-state index contributed by atoms with van der Waals surface area (Å²) in [5.74, 6) is 0.603. The van der Waals surface area contributed by atoms with E-state index in [9.17, 15) is 0 Å². The lowest BCUT2D eigenvalue weighted by Crippen LogP contribution is -2.29. The molecule has 0 amide bonds. The normalized spacial score (nSPS) is 19.1. The maximum Gasteiger partial charge on any atom is 0.140 e. The molecule has 21 heavy (non-hydrogen) atoms. The van der Waals surface area contributed by atoms with E-state index < -0.39 is 0 Å². The summed E-state index contributed by atoms with van der Waals surface area (Å²) in [5, 5.41) is 9.17. The molecule has 3 aromatic heterocycles. The van der Waals surface area contributed by atoms with E-state index in [-0.39, 0.29) is 0 Å². The first-order chi connectivity index (χ1) is 10.4. The van der Waals surface area contributed by atoms with Crippen LogP contribution in [-0.4, -0.2) is 22.6 Å². The van der Waals surface area contributed by atoms with E-state index in [0.29, 0.717) is 5.92 Å². The number of fused-ring (bicyclic) bond motifs is 1. The van der Waals surface area contributed by atoms with Gasteiger partial charge in [0.2, 0.25) is 0 Å². The van der Waals surface area contributed by atoms with E-state index in [1.807, 2.05) is 12.3 Å². The molecule has 108 valence electrons. The number of nitrogens with zero attached hydrogens (tertiary/aromatic N) is 2. The molecule has 1 aliphatic heterocycles. The Morgan fingerprint density at radius 1 is 1.38 bits per heavy atom. The topological polar surface area (TPSA) is 29.9 Å². The van der Waals surface area contributed by atoms with Crippen LogP contribution in [0.3, 0.4) is 0 Å². The molecule has 1 aliphatic rings. The summed E-state index contributed by atoms with van der Waals surface area (Å²) in [7, 11) is 0. The van der Waals surface area contributed by atoms with Gasteiger partial charge in [-0.2, -0.15) is 11.3 Å². The first-order valence-electron chi connectivity index (χ1n) is 7.58. The van der Waals surface area contributed by atoms with Crippen LogP contribution in [0.15, 0.2) is 41.2 Å². The van der Waals surface area contributed by atoms with Crippen molar-refractivity contribution in [2.24, 2.45) is 0 Å². The minimum absolute atomic E-state index is 0.603. The first-order valence-corrected chi connectivity index (χ1v) is 8.52. The molecule has 3 nitrogen and oxygen atoms in total. The third-order valence-electron chi connectivity index (χ3n) is 4.32. The molecule has 1 N–H and O–H groups in total. The number of nitrogens with one attached hydrogen (secondary N) is 1. The standard InChI is InChI=1S/C17H19N3S/c1-4-15(10-18-6-1)16-9-14-3-2-7-19-17(14)20(16)11-13-5-8-21-12-13/h2-3,5,7-9,12,15,18H,1,4,6,10-11H2. The lowest BCUT2D eigenvalue weighted by atomic mass is 9.96. The van der Waals surface area contributed by atoms with Gasteiger partial charge in [-0.25, -0.2) is 4.98 Å². The Kier molecular flexibility index (Phi) is 3.49. The van der Waals surface area contributed by atoms with Crippen LogP contribution in [0.2, 0.25) is 0 Å². The molecule has 0 aliphatic carbocycles. The molecule has 1 fully saturated rings. The van der Waals surface area contributed by atoms with Gasteiger partial charge in [0, 0.05) is 29.7 Å². The third-order valence-corrected chi connectivity index (χ3v) is 5.06. The highest BCUT2D eigenvalue weighted by atomic mass is 32.1. The Bertz CT molecular complexity index is 724. The predicted molar refractivity (Wildman–Crippen MR) is 88.0 cm³/mol. The Balaban J connectivity index is 1.80. The van der Waals surface area contributed by atoms with Crippen molar-refractivity contribution in [1.82, 2.24) is 14.9 Å². The molecule has 0 radical (unpaired) electrons. The highest BCUT2D eigenvalue weighted by molar-refractivity contribution is 7.07.